The lowest BCUT2D eigenvalue weighted by atomic mass is 9.94. The minimum absolute atomic E-state index is 0.0385. The predicted molar refractivity (Wildman–Crippen MR) is 108 cm³/mol. The number of fused-ring (bicyclic) bond motifs is 1. The number of imide groups is 1. The van der Waals surface area contributed by atoms with Gasteiger partial charge in [0.1, 0.15) is 0 Å². The Morgan fingerprint density at radius 2 is 1.63 bits per heavy atom. The Balaban J connectivity index is 1.42. The van der Waals surface area contributed by atoms with Gasteiger partial charge in [0.2, 0.25) is 0 Å². The van der Waals surface area contributed by atoms with Gasteiger partial charge in [0.15, 0.2) is 0 Å². The van der Waals surface area contributed by atoms with E-state index in [9.17, 15) is 19.2 Å². The zero-order chi connectivity index (χ0) is 21.3. The quantitative estimate of drug-likeness (QED) is 0.769. The summed E-state index contributed by atoms with van der Waals surface area (Å²) in [6, 6.07) is 4.64. The molecule has 3 aliphatic rings. The Bertz CT molecular complexity index is 870. The second-order valence-electron chi connectivity index (χ2n) is 8.24. The monoisotopic (exact) mass is 413 g/mol. The molecular weight excluding hydrogens is 386 g/mol. The van der Waals surface area contributed by atoms with Crippen LogP contribution >= 0.6 is 0 Å². The fraction of sp³-hybridized carbons (Fsp3) is 0.545. The zero-order valence-corrected chi connectivity index (χ0v) is 17.2. The molecule has 0 unspecified atom stereocenters. The largest absolute Gasteiger partial charge is 0.453 e. The number of piperidine rings is 1. The van der Waals surface area contributed by atoms with E-state index in [2.05, 4.69) is 5.32 Å². The molecule has 1 aliphatic carbocycles. The maximum atomic E-state index is 12.9. The van der Waals surface area contributed by atoms with Crippen molar-refractivity contribution in [2.45, 2.75) is 57.0 Å². The highest BCUT2D eigenvalue weighted by molar-refractivity contribution is 6.22. The third kappa shape index (κ3) is 3.78. The average molecular weight is 413 g/mol. The van der Waals surface area contributed by atoms with Crippen molar-refractivity contribution in [2.75, 3.05) is 20.2 Å². The number of hydrogen-bond donors (Lipinski definition) is 1. The van der Waals surface area contributed by atoms with Crippen LogP contribution < -0.4 is 5.32 Å². The van der Waals surface area contributed by atoms with E-state index >= 15 is 0 Å². The third-order valence-electron chi connectivity index (χ3n) is 6.38. The molecule has 2 heterocycles. The normalized spacial score (nSPS) is 20.3. The van der Waals surface area contributed by atoms with Crippen LogP contribution in [-0.2, 0) is 4.74 Å². The molecule has 1 aromatic rings. The van der Waals surface area contributed by atoms with Crippen molar-refractivity contribution in [1.82, 2.24) is 15.1 Å². The average Bonchev–Trinajstić information content (AvgIpc) is 3.03. The van der Waals surface area contributed by atoms with Crippen LogP contribution in [0.15, 0.2) is 18.2 Å². The number of methoxy groups -OCH3 is 1. The summed E-state index contributed by atoms with van der Waals surface area (Å²) in [6.45, 7) is 1.04. The number of ether oxygens (including phenoxy) is 1. The SMILES string of the molecule is COC(=O)N1CCC(NC(=O)c2ccc3c(c2)C(=O)N(C2CCCCC2)C3=O)CC1. The molecule has 160 valence electrons. The molecule has 8 nitrogen and oxygen atoms in total. The van der Waals surface area contributed by atoms with E-state index in [-0.39, 0.29) is 35.9 Å². The summed E-state index contributed by atoms with van der Waals surface area (Å²) in [5, 5.41) is 2.98. The van der Waals surface area contributed by atoms with Crippen LogP contribution in [0, 0.1) is 0 Å². The second-order valence-corrected chi connectivity index (χ2v) is 8.24. The van der Waals surface area contributed by atoms with Crippen LogP contribution in [0.4, 0.5) is 4.79 Å². The Morgan fingerprint density at radius 3 is 2.30 bits per heavy atom. The summed E-state index contributed by atoms with van der Waals surface area (Å²) in [7, 11) is 1.35. The van der Waals surface area contributed by atoms with Crippen molar-refractivity contribution >= 4 is 23.8 Å². The first-order chi connectivity index (χ1) is 14.5. The standard InChI is InChI=1S/C22H27N3O5/c1-30-22(29)24-11-9-15(10-12-24)23-19(26)14-7-8-17-18(13-14)21(28)25(20(17)27)16-5-3-2-4-6-16/h7-8,13,15-16H,2-6,9-12H2,1H3,(H,23,26). The van der Waals surface area contributed by atoms with Crippen molar-refractivity contribution in [2.24, 2.45) is 0 Å². The highest BCUT2D eigenvalue weighted by Gasteiger charge is 2.40. The van der Waals surface area contributed by atoms with E-state index in [1.807, 2.05) is 0 Å². The van der Waals surface area contributed by atoms with Gasteiger partial charge in [-0.1, -0.05) is 19.3 Å². The van der Waals surface area contributed by atoms with Crippen molar-refractivity contribution in [3.05, 3.63) is 34.9 Å². The van der Waals surface area contributed by atoms with Crippen molar-refractivity contribution < 1.29 is 23.9 Å². The van der Waals surface area contributed by atoms with E-state index in [4.69, 9.17) is 4.74 Å². The molecule has 8 heteroatoms. The molecule has 4 amide bonds. The van der Waals surface area contributed by atoms with Crippen LogP contribution in [0.25, 0.3) is 0 Å². The summed E-state index contributed by atoms with van der Waals surface area (Å²) in [4.78, 5) is 53.0. The second kappa shape index (κ2) is 8.45. The Kier molecular flexibility index (Phi) is 5.74. The summed E-state index contributed by atoms with van der Waals surface area (Å²) in [5.74, 6) is -0.808. The molecule has 1 N–H and O–H groups in total. The lowest BCUT2D eigenvalue weighted by molar-refractivity contribution is 0.0548. The molecule has 2 fully saturated rings. The van der Waals surface area contributed by atoms with E-state index in [0.717, 1.165) is 32.1 Å². The number of rotatable bonds is 3. The number of nitrogens with one attached hydrogen (secondary N) is 1. The Labute approximate surface area is 175 Å². The third-order valence-corrected chi connectivity index (χ3v) is 6.38. The van der Waals surface area contributed by atoms with E-state index in [0.29, 0.717) is 42.6 Å². The fourth-order valence-electron chi connectivity index (χ4n) is 4.68. The zero-order valence-electron chi connectivity index (χ0n) is 17.2. The molecule has 0 bridgehead atoms. The van der Waals surface area contributed by atoms with Gasteiger partial charge in [-0.15, -0.1) is 0 Å². The van der Waals surface area contributed by atoms with Gasteiger partial charge in [-0.25, -0.2) is 4.79 Å². The predicted octanol–water partition coefficient (Wildman–Crippen LogP) is 2.58. The molecule has 1 saturated heterocycles. The number of nitrogens with zero attached hydrogens (tertiary/aromatic N) is 2. The Hall–Kier alpha value is -2.90. The Morgan fingerprint density at radius 1 is 0.967 bits per heavy atom. The van der Waals surface area contributed by atoms with E-state index in [1.165, 1.54) is 18.1 Å². The molecule has 0 radical (unpaired) electrons. The number of benzene rings is 1. The topological polar surface area (TPSA) is 96.0 Å². The molecule has 1 saturated carbocycles. The van der Waals surface area contributed by atoms with Crippen LogP contribution in [0.2, 0.25) is 0 Å². The molecule has 1 aromatic carbocycles. The van der Waals surface area contributed by atoms with Crippen LogP contribution in [0.3, 0.4) is 0 Å². The van der Waals surface area contributed by atoms with Gasteiger partial charge >= 0.3 is 6.09 Å². The molecule has 0 spiro atoms. The van der Waals surface area contributed by atoms with Gasteiger partial charge in [-0.3, -0.25) is 19.3 Å². The summed E-state index contributed by atoms with van der Waals surface area (Å²) in [6.07, 6.45) is 5.82. The first-order valence-corrected chi connectivity index (χ1v) is 10.7. The lowest BCUT2D eigenvalue weighted by Gasteiger charge is -2.31. The molecule has 2 aliphatic heterocycles. The van der Waals surface area contributed by atoms with Crippen LogP contribution in [0.1, 0.15) is 76.0 Å². The molecule has 4 rings (SSSR count). The van der Waals surface area contributed by atoms with Crippen molar-refractivity contribution in [3.8, 4) is 0 Å². The summed E-state index contributed by atoms with van der Waals surface area (Å²) < 4.78 is 4.73. The fourth-order valence-corrected chi connectivity index (χ4v) is 4.68. The van der Waals surface area contributed by atoms with Gasteiger partial charge in [0, 0.05) is 30.7 Å². The molecule has 0 atom stereocenters. The van der Waals surface area contributed by atoms with Gasteiger partial charge in [-0.05, 0) is 43.9 Å². The minimum atomic E-state index is -0.357. The summed E-state index contributed by atoms with van der Waals surface area (Å²) in [5.41, 5.74) is 1.07. The maximum Gasteiger partial charge on any atom is 0.409 e. The highest BCUT2D eigenvalue weighted by atomic mass is 16.5. The number of hydrogen-bond acceptors (Lipinski definition) is 5. The van der Waals surface area contributed by atoms with Crippen molar-refractivity contribution in [1.29, 1.82) is 0 Å². The molecule has 0 aromatic heterocycles. The maximum absolute atomic E-state index is 12.9. The first-order valence-electron chi connectivity index (χ1n) is 10.7. The van der Waals surface area contributed by atoms with Crippen LogP contribution in [0.5, 0.6) is 0 Å². The number of likely N-dealkylation sites (tertiary alicyclic amines) is 1. The van der Waals surface area contributed by atoms with E-state index < -0.39 is 0 Å². The first kappa shape index (κ1) is 20.4. The number of carbonyl (C=O) groups is 4. The molecule has 30 heavy (non-hydrogen) atoms. The molecular formula is C22H27N3O5. The van der Waals surface area contributed by atoms with Gasteiger partial charge in [-0.2, -0.15) is 0 Å². The smallest absolute Gasteiger partial charge is 0.409 e. The number of amides is 4. The van der Waals surface area contributed by atoms with Gasteiger partial charge < -0.3 is 15.0 Å². The lowest BCUT2D eigenvalue weighted by Crippen LogP contribution is -2.46. The minimum Gasteiger partial charge on any atom is -0.453 e. The number of carbonyl (C=O) groups excluding carboxylic acids is 4. The van der Waals surface area contributed by atoms with Crippen molar-refractivity contribution in [3.63, 3.8) is 0 Å². The highest BCUT2D eigenvalue weighted by Crippen LogP contribution is 2.31. The van der Waals surface area contributed by atoms with Gasteiger partial charge in [0.25, 0.3) is 17.7 Å². The van der Waals surface area contributed by atoms with E-state index in [1.54, 1.807) is 17.0 Å². The summed E-state index contributed by atoms with van der Waals surface area (Å²) >= 11 is 0. The van der Waals surface area contributed by atoms with Crippen LogP contribution in [-0.4, -0.2) is 65.9 Å². The van der Waals surface area contributed by atoms with Gasteiger partial charge in [0.05, 0.1) is 18.2 Å².